The van der Waals surface area contributed by atoms with Gasteiger partial charge in [-0.3, -0.25) is 9.78 Å². The first-order valence-electron chi connectivity index (χ1n) is 4.39. The van der Waals surface area contributed by atoms with Gasteiger partial charge >= 0.3 is 0 Å². The van der Waals surface area contributed by atoms with E-state index in [1.54, 1.807) is 12.2 Å². The molecule has 0 radical (unpaired) electrons. The van der Waals surface area contributed by atoms with E-state index < -0.39 is 0 Å². The maximum Gasteiger partial charge on any atom is 0.159 e. The quantitative estimate of drug-likeness (QED) is 0.501. The van der Waals surface area contributed by atoms with Gasteiger partial charge in [0.25, 0.3) is 0 Å². The Kier molecular flexibility index (Phi) is 5.54. The van der Waals surface area contributed by atoms with Gasteiger partial charge in [0.1, 0.15) is 13.1 Å². The van der Waals surface area contributed by atoms with Gasteiger partial charge in [0.05, 0.1) is 13.2 Å². The molecule has 2 aliphatic heterocycles. The Balaban J connectivity index is 0.000000165. The molecule has 0 bridgehead atoms. The largest absolute Gasteiger partial charge is 0.353 e. The van der Waals surface area contributed by atoms with Crippen LogP contribution in [0.3, 0.4) is 0 Å². The van der Waals surface area contributed by atoms with Crippen molar-refractivity contribution < 1.29 is 19.2 Å². The van der Waals surface area contributed by atoms with Gasteiger partial charge in [0, 0.05) is 6.42 Å². The Labute approximate surface area is 83.3 Å². The predicted molar refractivity (Wildman–Crippen MR) is 51.0 cm³/mol. The van der Waals surface area contributed by atoms with Gasteiger partial charge in [0.15, 0.2) is 5.76 Å². The lowest BCUT2D eigenvalue weighted by Crippen LogP contribution is -1.91. The minimum absolute atomic E-state index is 0.500. The van der Waals surface area contributed by atoms with Crippen LogP contribution in [-0.4, -0.2) is 20.0 Å². The summed E-state index contributed by atoms with van der Waals surface area (Å²) in [5.41, 5.74) is 0. The number of ether oxygens (including phenoxy) is 2. The van der Waals surface area contributed by atoms with Crippen LogP contribution in [0.25, 0.3) is 0 Å². The molecule has 4 nitrogen and oxygen atoms in total. The molecule has 1 fully saturated rings. The number of hydrogen-bond acceptors (Lipinski definition) is 4. The van der Waals surface area contributed by atoms with E-state index >= 15 is 0 Å². The van der Waals surface area contributed by atoms with Crippen molar-refractivity contribution >= 4 is 0 Å². The highest BCUT2D eigenvalue weighted by Gasteiger charge is 1.97. The van der Waals surface area contributed by atoms with Crippen LogP contribution in [0.4, 0.5) is 0 Å². The van der Waals surface area contributed by atoms with Crippen LogP contribution in [0, 0.1) is 0 Å². The van der Waals surface area contributed by atoms with Crippen molar-refractivity contribution in [3.8, 4) is 0 Å². The normalized spacial score (nSPS) is 18.4. The Hall–Kier alpha value is -1.26. The average Bonchev–Trinajstić information content (AvgIpc) is 2.78. The monoisotopic (exact) mass is 198 g/mol. The summed E-state index contributed by atoms with van der Waals surface area (Å²) >= 11 is 0. The van der Waals surface area contributed by atoms with Crippen LogP contribution in [0.1, 0.15) is 6.42 Å². The van der Waals surface area contributed by atoms with Crippen LogP contribution in [0.15, 0.2) is 36.8 Å². The molecule has 0 aromatic heterocycles. The lowest BCUT2D eigenvalue weighted by Gasteiger charge is -2.06. The molecule has 0 amide bonds. The van der Waals surface area contributed by atoms with Crippen molar-refractivity contribution in [3.63, 3.8) is 0 Å². The van der Waals surface area contributed by atoms with Gasteiger partial charge in [-0.2, -0.15) is 0 Å². The summed E-state index contributed by atoms with van der Waals surface area (Å²) < 4.78 is 9.44. The highest BCUT2D eigenvalue weighted by molar-refractivity contribution is 5.09. The molecule has 14 heavy (non-hydrogen) atoms. The fraction of sp³-hybridized carbons (Fsp3) is 0.400. The predicted octanol–water partition coefficient (Wildman–Crippen LogP) is 1.91. The van der Waals surface area contributed by atoms with E-state index in [1.807, 2.05) is 6.08 Å². The third-order valence-electron chi connectivity index (χ3n) is 1.46. The van der Waals surface area contributed by atoms with E-state index in [-0.39, 0.29) is 0 Å². The van der Waals surface area contributed by atoms with Crippen LogP contribution in [0.5, 0.6) is 0 Å². The van der Waals surface area contributed by atoms with Crippen molar-refractivity contribution in [2.75, 3.05) is 20.0 Å². The average molecular weight is 198 g/mol. The summed E-state index contributed by atoms with van der Waals surface area (Å²) in [4.78, 5) is 9.26. The van der Waals surface area contributed by atoms with Gasteiger partial charge in [-0.05, 0) is 12.2 Å². The first-order valence-corrected chi connectivity index (χ1v) is 4.39. The van der Waals surface area contributed by atoms with Crippen molar-refractivity contribution in [2.45, 2.75) is 6.42 Å². The van der Waals surface area contributed by atoms with Crippen molar-refractivity contribution in [1.29, 1.82) is 0 Å². The van der Waals surface area contributed by atoms with E-state index in [0.29, 0.717) is 13.2 Å². The maximum atomic E-state index is 4.72. The molecule has 2 heterocycles. The SMILES string of the molecule is C1COCO1.C=CCC1=CC=COO1. The van der Waals surface area contributed by atoms with Gasteiger partial charge in [-0.15, -0.1) is 6.58 Å². The van der Waals surface area contributed by atoms with Gasteiger partial charge in [0.2, 0.25) is 0 Å². The second-order valence-electron chi connectivity index (χ2n) is 2.57. The molecule has 0 spiro atoms. The third-order valence-corrected chi connectivity index (χ3v) is 1.46. The second-order valence-corrected chi connectivity index (χ2v) is 2.57. The van der Waals surface area contributed by atoms with Crippen molar-refractivity contribution in [3.05, 3.63) is 36.8 Å². The summed E-state index contributed by atoms with van der Waals surface area (Å²) in [6.07, 6.45) is 7.57. The Morgan fingerprint density at radius 1 is 1.36 bits per heavy atom. The van der Waals surface area contributed by atoms with Crippen LogP contribution >= 0.6 is 0 Å². The molecule has 78 valence electrons. The highest BCUT2D eigenvalue weighted by Crippen LogP contribution is 2.08. The smallest absolute Gasteiger partial charge is 0.159 e. The van der Waals surface area contributed by atoms with E-state index in [0.717, 1.165) is 19.0 Å². The molecule has 0 aliphatic carbocycles. The second kappa shape index (κ2) is 7.17. The minimum atomic E-state index is 0.500. The zero-order chi connectivity index (χ0) is 10.1. The highest BCUT2D eigenvalue weighted by atomic mass is 17.2. The molecule has 0 saturated carbocycles. The zero-order valence-electron chi connectivity index (χ0n) is 7.98. The fourth-order valence-corrected chi connectivity index (χ4v) is 0.835. The molecule has 1 saturated heterocycles. The fourth-order valence-electron chi connectivity index (χ4n) is 0.835. The maximum absolute atomic E-state index is 4.72. The Bertz CT molecular complexity index is 209. The minimum Gasteiger partial charge on any atom is -0.353 e. The summed E-state index contributed by atoms with van der Waals surface area (Å²) in [6.45, 7) is 5.61. The molecule has 0 unspecified atom stereocenters. The lowest BCUT2D eigenvalue weighted by molar-refractivity contribution is -0.215. The summed E-state index contributed by atoms with van der Waals surface area (Å²) in [7, 11) is 0. The molecule has 0 atom stereocenters. The van der Waals surface area contributed by atoms with Crippen molar-refractivity contribution in [1.82, 2.24) is 0 Å². The van der Waals surface area contributed by atoms with E-state index in [2.05, 4.69) is 11.5 Å². The zero-order valence-corrected chi connectivity index (χ0v) is 7.98. The molecule has 0 N–H and O–H groups in total. The molecule has 4 heteroatoms. The van der Waals surface area contributed by atoms with Gasteiger partial charge in [-0.1, -0.05) is 6.08 Å². The van der Waals surface area contributed by atoms with Crippen molar-refractivity contribution in [2.24, 2.45) is 0 Å². The van der Waals surface area contributed by atoms with Gasteiger partial charge in [-0.25, -0.2) is 0 Å². The summed E-state index contributed by atoms with van der Waals surface area (Å²) in [5, 5.41) is 0. The van der Waals surface area contributed by atoms with E-state index in [4.69, 9.17) is 14.4 Å². The number of hydrogen-bond donors (Lipinski definition) is 0. The molecule has 2 aliphatic rings. The Morgan fingerprint density at radius 2 is 2.14 bits per heavy atom. The topological polar surface area (TPSA) is 36.9 Å². The Morgan fingerprint density at radius 3 is 2.57 bits per heavy atom. The summed E-state index contributed by atoms with van der Waals surface area (Å²) in [5.74, 6) is 0.785. The molecular weight excluding hydrogens is 184 g/mol. The first-order chi connectivity index (χ1) is 6.93. The van der Waals surface area contributed by atoms with E-state index in [1.165, 1.54) is 6.26 Å². The molecule has 0 aromatic carbocycles. The molecule has 0 aromatic rings. The third kappa shape index (κ3) is 4.69. The lowest BCUT2D eigenvalue weighted by atomic mass is 10.3. The van der Waals surface area contributed by atoms with Crippen LogP contribution < -0.4 is 0 Å². The molecular formula is C10H14O4. The molecule has 2 rings (SSSR count). The van der Waals surface area contributed by atoms with Crippen LogP contribution in [-0.2, 0) is 19.2 Å². The van der Waals surface area contributed by atoms with Gasteiger partial charge < -0.3 is 9.47 Å². The first kappa shape index (κ1) is 10.8. The number of allylic oxidation sites excluding steroid dienone is 3. The van der Waals surface area contributed by atoms with E-state index in [9.17, 15) is 0 Å². The number of rotatable bonds is 2. The standard InChI is InChI=1S/C7H8O2.C3H6O2/c1-2-4-7-5-3-6-8-9-7;1-2-5-3-4-1/h2-3,5-6H,1,4H2;1-3H2. The van der Waals surface area contributed by atoms with Crippen LogP contribution in [0.2, 0.25) is 0 Å². The summed E-state index contributed by atoms with van der Waals surface area (Å²) in [6, 6.07) is 0.